The van der Waals surface area contributed by atoms with E-state index in [1.54, 1.807) is 0 Å². The molecule has 5 N–H and O–H groups in total. The first kappa shape index (κ1) is 24.9. The standard InChI is InChI=1S/C19H24N2O.CH4O.2ClH/c22-19-15-21(14-17-9-5-2-6-10-17)12-11-18(19)20-13-16-7-3-1-4-8-16;1-2;;/h1-10,18-20,22H,11-15H2;2H,1H3;2*1H/t18-,19-;;;/m1.../s1. The minimum absolute atomic E-state index is 0. The first-order valence-electron chi connectivity index (χ1n) is 8.69. The highest BCUT2D eigenvalue weighted by atomic mass is 35.5. The molecule has 1 fully saturated rings. The molecule has 1 unspecified atom stereocenters. The third-order valence-electron chi connectivity index (χ3n) is 4.62. The van der Waals surface area contributed by atoms with Gasteiger partial charge in [-0.3, -0.25) is 0 Å². The highest BCUT2D eigenvalue weighted by Gasteiger charge is 2.32. The molecule has 26 heavy (non-hydrogen) atoms. The predicted molar refractivity (Wildman–Crippen MR) is 95.5 cm³/mol. The largest absolute Gasteiger partial charge is 1.00 e. The molecule has 146 valence electrons. The van der Waals surface area contributed by atoms with E-state index >= 15 is 0 Å². The summed E-state index contributed by atoms with van der Waals surface area (Å²) in [6.45, 7) is 3.96. The first-order valence-corrected chi connectivity index (χ1v) is 8.69. The number of aliphatic hydroxyl groups is 2. The Labute approximate surface area is 169 Å². The van der Waals surface area contributed by atoms with Gasteiger partial charge >= 0.3 is 0 Å². The maximum absolute atomic E-state index is 10.4. The number of benzene rings is 2. The summed E-state index contributed by atoms with van der Waals surface area (Å²) in [5, 5.41) is 19.7. The summed E-state index contributed by atoms with van der Waals surface area (Å²) in [5.74, 6) is 0. The number of nitrogens with two attached hydrogens (primary N) is 1. The van der Waals surface area contributed by atoms with E-state index in [-0.39, 0.29) is 30.9 Å². The number of rotatable bonds is 5. The Balaban J connectivity index is 0.00000151. The topological polar surface area (TPSA) is 61.5 Å². The lowest BCUT2D eigenvalue weighted by molar-refractivity contribution is -0.931. The molecule has 0 radical (unpaired) electrons. The minimum Gasteiger partial charge on any atom is -1.00 e. The van der Waals surface area contributed by atoms with Gasteiger partial charge in [-0.25, -0.2) is 0 Å². The molecule has 1 aliphatic rings. The van der Waals surface area contributed by atoms with E-state index in [0.29, 0.717) is 6.04 Å². The van der Waals surface area contributed by atoms with Crippen molar-refractivity contribution in [3.63, 3.8) is 0 Å². The van der Waals surface area contributed by atoms with Crippen LogP contribution >= 0.6 is 0 Å². The molecule has 0 amide bonds. The van der Waals surface area contributed by atoms with Crippen LogP contribution in [-0.4, -0.2) is 42.6 Å². The van der Waals surface area contributed by atoms with Crippen LogP contribution in [0, 0.1) is 0 Å². The van der Waals surface area contributed by atoms with Gasteiger partial charge in [-0.1, -0.05) is 60.7 Å². The number of hydrogen-bond donors (Lipinski definition) is 4. The fourth-order valence-electron chi connectivity index (χ4n) is 3.33. The third-order valence-corrected chi connectivity index (χ3v) is 4.62. The molecule has 1 aliphatic heterocycles. The highest BCUT2D eigenvalue weighted by Crippen LogP contribution is 2.01. The Hall–Kier alpha value is -1.14. The van der Waals surface area contributed by atoms with Gasteiger partial charge in [0.15, 0.2) is 6.10 Å². The first-order chi connectivity index (χ1) is 11.8. The van der Waals surface area contributed by atoms with Crippen LogP contribution in [0.3, 0.4) is 0 Å². The molecular weight excluding hydrogens is 371 g/mol. The van der Waals surface area contributed by atoms with Crippen molar-refractivity contribution in [1.82, 2.24) is 0 Å². The van der Waals surface area contributed by atoms with Gasteiger partial charge in [0, 0.05) is 18.2 Å². The number of halogens is 2. The van der Waals surface area contributed by atoms with Gasteiger partial charge in [-0.05, 0) is 0 Å². The van der Waals surface area contributed by atoms with Crippen molar-refractivity contribution >= 4 is 0 Å². The Morgan fingerprint density at radius 1 is 0.923 bits per heavy atom. The second kappa shape index (κ2) is 14.0. The van der Waals surface area contributed by atoms with Crippen LogP contribution < -0.4 is 35.0 Å². The van der Waals surface area contributed by atoms with Crippen LogP contribution in [0.2, 0.25) is 0 Å². The molecule has 0 aliphatic carbocycles. The molecule has 4 nitrogen and oxygen atoms in total. The van der Waals surface area contributed by atoms with Crippen LogP contribution in [0.5, 0.6) is 0 Å². The van der Waals surface area contributed by atoms with Crippen molar-refractivity contribution < 1.29 is 45.2 Å². The van der Waals surface area contributed by atoms with E-state index in [2.05, 4.69) is 59.9 Å². The van der Waals surface area contributed by atoms with Gasteiger partial charge in [-0.2, -0.15) is 0 Å². The van der Waals surface area contributed by atoms with Gasteiger partial charge in [0.25, 0.3) is 0 Å². The highest BCUT2D eigenvalue weighted by molar-refractivity contribution is 5.13. The molecule has 0 saturated carbocycles. The van der Waals surface area contributed by atoms with Crippen molar-refractivity contribution in [1.29, 1.82) is 0 Å². The smallest absolute Gasteiger partial charge is 0.155 e. The summed E-state index contributed by atoms with van der Waals surface area (Å²) in [6.07, 6.45) is 0.868. The lowest BCUT2D eigenvalue weighted by Crippen LogP contribution is -3.15. The molecule has 2 aromatic carbocycles. The molecule has 2 aromatic rings. The average Bonchev–Trinajstić information content (AvgIpc) is 2.64. The number of nitrogens with one attached hydrogen (secondary N) is 1. The molecular formula is C20H30Cl2N2O2. The molecule has 1 heterocycles. The second-order valence-corrected chi connectivity index (χ2v) is 6.31. The van der Waals surface area contributed by atoms with Crippen LogP contribution in [0.15, 0.2) is 60.7 Å². The van der Waals surface area contributed by atoms with Crippen LogP contribution in [0.4, 0.5) is 0 Å². The van der Waals surface area contributed by atoms with Crippen molar-refractivity contribution in [2.75, 3.05) is 20.2 Å². The van der Waals surface area contributed by atoms with Gasteiger partial charge in [-0.15, -0.1) is 0 Å². The normalized spacial score (nSPS) is 21.4. The molecule has 3 atom stereocenters. The van der Waals surface area contributed by atoms with E-state index < -0.39 is 0 Å². The zero-order valence-electron chi connectivity index (χ0n) is 15.2. The minimum atomic E-state index is -0.212. The zero-order chi connectivity index (χ0) is 17.2. The number of aliphatic hydroxyl groups excluding tert-OH is 2. The van der Waals surface area contributed by atoms with E-state index in [1.165, 1.54) is 16.0 Å². The SMILES string of the molecule is CO.O[C@@H]1C[NH+](Cc2ccccc2)CC[C@H]1[NH2+]Cc1ccccc1.[Cl-].[Cl-]. The summed E-state index contributed by atoms with van der Waals surface area (Å²) in [5.41, 5.74) is 2.69. The van der Waals surface area contributed by atoms with E-state index in [4.69, 9.17) is 5.11 Å². The van der Waals surface area contributed by atoms with Crippen molar-refractivity contribution in [3.8, 4) is 0 Å². The van der Waals surface area contributed by atoms with Crippen molar-refractivity contribution in [3.05, 3.63) is 71.8 Å². The summed E-state index contributed by atoms with van der Waals surface area (Å²) in [4.78, 5) is 1.49. The fraction of sp³-hybridized carbons (Fsp3) is 0.400. The number of piperidine rings is 1. The Bertz CT molecular complexity index is 573. The molecule has 1 saturated heterocycles. The van der Waals surface area contributed by atoms with Gasteiger partial charge < -0.3 is 45.2 Å². The molecule has 0 spiro atoms. The summed E-state index contributed by atoms with van der Waals surface area (Å²) in [6, 6.07) is 21.4. The van der Waals surface area contributed by atoms with Crippen LogP contribution in [0.1, 0.15) is 17.5 Å². The van der Waals surface area contributed by atoms with Gasteiger partial charge in [0.2, 0.25) is 0 Å². The van der Waals surface area contributed by atoms with Crippen LogP contribution in [-0.2, 0) is 13.1 Å². The average molecular weight is 401 g/mol. The summed E-state index contributed by atoms with van der Waals surface area (Å²) < 4.78 is 0. The maximum Gasteiger partial charge on any atom is 0.155 e. The fourth-order valence-corrected chi connectivity index (χ4v) is 3.33. The monoisotopic (exact) mass is 400 g/mol. The van der Waals surface area contributed by atoms with E-state index in [9.17, 15) is 5.11 Å². The number of likely N-dealkylation sites (tertiary alicyclic amines) is 1. The van der Waals surface area contributed by atoms with Crippen molar-refractivity contribution in [2.24, 2.45) is 0 Å². The van der Waals surface area contributed by atoms with E-state index in [0.717, 1.165) is 39.7 Å². The predicted octanol–water partition coefficient (Wildman–Crippen LogP) is -6.42. The Morgan fingerprint density at radius 2 is 1.46 bits per heavy atom. The maximum atomic E-state index is 10.4. The molecule has 6 heteroatoms. The number of hydrogen-bond acceptors (Lipinski definition) is 2. The quantitative estimate of drug-likeness (QED) is 0.403. The zero-order valence-corrected chi connectivity index (χ0v) is 16.7. The number of quaternary nitrogens is 2. The van der Waals surface area contributed by atoms with Gasteiger partial charge in [0.05, 0.1) is 13.0 Å². The van der Waals surface area contributed by atoms with E-state index in [1.807, 2.05) is 6.07 Å². The summed E-state index contributed by atoms with van der Waals surface area (Å²) in [7, 11) is 1.00. The second-order valence-electron chi connectivity index (χ2n) is 6.31. The Morgan fingerprint density at radius 3 is 2.00 bits per heavy atom. The lowest BCUT2D eigenvalue weighted by atomic mass is 10.0. The lowest BCUT2D eigenvalue weighted by Gasteiger charge is -2.31. The molecule has 0 bridgehead atoms. The third kappa shape index (κ3) is 8.04. The van der Waals surface area contributed by atoms with Crippen LogP contribution in [0.25, 0.3) is 0 Å². The summed E-state index contributed by atoms with van der Waals surface area (Å²) >= 11 is 0. The molecule has 0 aromatic heterocycles. The molecule has 3 rings (SSSR count). The Kier molecular flexibility index (Phi) is 13.4. The van der Waals surface area contributed by atoms with Gasteiger partial charge in [0.1, 0.15) is 25.7 Å². The van der Waals surface area contributed by atoms with Crippen molar-refractivity contribution in [2.45, 2.75) is 31.7 Å².